The lowest BCUT2D eigenvalue weighted by Crippen LogP contribution is -2.02. The Morgan fingerprint density at radius 2 is 1.30 bits per heavy atom. The average molecular weight is 275 g/mol. The first-order valence-electron chi connectivity index (χ1n) is 6.32. The smallest absolute Gasteiger partial charge is 0.290 e. The summed E-state index contributed by atoms with van der Waals surface area (Å²) < 4.78 is 0. The molecule has 0 saturated carbocycles. The highest BCUT2D eigenvalue weighted by atomic mass is 16.3. The summed E-state index contributed by atoms with van der Waals surface area (Å²) in [5, 5.41) is 18.6. The van der Waals surface area contributed by atoms with Gasteiger partial charge in [-0.15, -0.1) is 0 Å². The third-order valence-electron chi connectivity index (χ3n) is 2.10. The Kier molecular flexibility index (Phi) is 13.0. The number of carbonyl (C=O) groups is 1. The first-order chi connectivity index (χ1) is 9.85. The van der Waals surface area contributed by atoms with E-state index in [2.05, 4.69) is 5.32 Å². The second-order valence-corrected chi connectivity index (χ2v) is 3.63. The van der Waals surface area contributed by atoms with Crippen molar-refractivity contribution >= 4 is 12.2 Å². The summed E-state index contributed by atoms with van der Waals surface area (Å²) in [7, 11) is 0. The molecule has 2 rings (SSSR count). The number of para-hydroxylation sites is 1. The third-order valence-corrected chi connectivity index (χ3v) is 2.10. The van der Waals surface area contributed by atoms with Gasteiger partial charge in [0, 0.05) is 18.8 Å². The summed E-state index contributed by atoms with van der Waals surface area (Å²) in [5.41, 5.74) is 1.11. The number of aliphatic hydroxyl groups is 1. The molecule has 2 aromatic rings. The Bertz CT molecular complexity index is 380. The molecule has 0 unspecified atom stereocenters. The number of nitrogens with one attached hydrogen (secondary N) is 1. The molecule has 20 heavy (non-hydrogen) atoms. The van der Waals surface area contributed by atoms with Gasteiger partial charge >= 0.3 is 0 Å². The van der Waals surface area contributed by atoms with E-state index in [1.54, 1.807) is 0 Å². The molecular formula is C16H21NO3. The highest BCUT2D eigenvalue weighted by molar-refractivity contribution is 5.42. The lowest BCUT2D eigenvalue weighted by Gasteiger charge is -2.03. The van der Waals surface area contributed by atoms with E-state index in [4.69, 9.17) is 15.0 Å². The number of hydrogen-bond donors (Lipinski definition) is 3. The summed E-state index contributed by atoms with van der Waals surface area (Å²) >= 11 is 0. The van der Waals surface area contributed by atoms with Crippen molar-refractivity contribution in [1.82, 2.24) is 0 Å². The van der Waals surface area contributed by atoms with E-state index < -0.39 is 0 Å². The van der Waals surface area contributed by atoms with Crippen molar-refractivity contribution < 1.29 is 15.0 Å². The maximum atomic E-state index is 8.50. The summed E-state index contributed by atoms with van der Waals surface area (Å²) in [6.45, 7) is 0.834. The number of aliphatic hydroxyl groups excluding tert-OH is 1. The second kappa shape index (κ2) is 14.7. The zero-order valence-corrected chi connectivity index (χ0v) is 11.4. The van der Waals surface area contributed by atoms with Crippen LogP contribution in [0, 0.1) is 0 Å². The average Bonchev–Trinajstić information content (AvgIpc) is 2.52. The van der Waals surface area contributed by atoms with Crippen LogP contribution in [-0.2, 0) is 4.79 Å². The fraction of sp³-hybridized carbons (Fsp3) is 0.188. The van der Waals surface area contributed by atoms with Gasteiger partial charge in [0.05, 0.1) is 0 Å². The third kappa shape index (κ3) is 12.1. The maximum Gasteiger partial charge on any atom is 0.290 e. The lowest BCUT2D eigenvalue weighted by molar-refractivity contribution is -0.122. The van der Waals surface area contributed by atoms with Gasteiger partial charge in [-0.05, 0) is 18.6 Å². The highest BCUT2D eigenvalue weighted by Crippen LogP contribution is 2.03. The van der Waals surface area contributed by atoms with Crippen LogP contribution in [0.1, 0.15) is 6.42 Å². The zero-order chi connectivity index (χ0) is 14.9. The minimum absolute atomic E-state index is 0.250. The second-order valence-electron chi connectivity index (χ2n) is 3.63. The van der Waals surface area contributed by atoms with E-state index in [1.807, 2.05) is 66.7 Å². The molecule has 0 bridgehead atoms. The molecular weight excluding hydrogens is 254 g/mol. The van der Waals surface area contributed by atoms with Crippen molar-refractivity contribution in [2.45, 2.75) is 6.42 Å². The molecule has 0 aliphatic rings. The quantitative estimate of drug-likeness (QED) is 0.593. The van der Waals surface area contributed by atoms with Gasteiger partial charge in [0.2, 0.25) is 0 Å². The number of benzene rings is 2. The molecule has 0 heterocycles. The highest BCUT2D eigenvalue weighted by Gasteiger charge is 1.86. The van der Waals surface area contributed by atoms with Crippen LogP contribution in [-0.4, -0.2) is 29.8 Å². The van der Waals surface area contributed by atoms with Crippen LogP contribution < -0.4 is 5.32 Å². The van der Waals surface area contributed by atoms with Crippen LogP contribution in [0.2, 0.25) is 0 Å². The van der Waals surface area contributed by atoms with Crippen molar-refractivity contribution in [2.24, 2.45) is 0 Å². The molecule has 4 heteroatoms. The van der Waals surface area contributed by atoms with Gasteiger partial charge < -0.3 is 15.5 Å². The van der Waals surface area contributed by atoms with Gasteiger partial charge in [0.15, 0.2) is 0 Å². The molecule has 0 aliphatic heterocycles. The number of anilines is 1. The normalized spacial score (nSPS) is 8.25. The van der Waals surface area contributed by atoms with E-state index in [9.17, 15) is 0 Å². The Morgan fingerprint density at radius 3 is 1.70 bits per heavy atom. The van der Waals surface area contributed by atoms with Crippen molar-refractivity contribution in [3.63, 3.8) is 0 Å². The molecule has 2 aromatic carbocycles. The van der Waals surface area contributed by atoms with E-state index in [0.717, 1.165) is 18.7 Å². The van der Waals surface area contributed by atoms with E-state index >= 15 is 0 Å². The van der Waals surface area contributed by atoms with Crippen LogP contribution in [0.3, 0.4) is 0 Å². The van der Waals surface area contributed by atoms with Gasteiger partial charge in [-0.2, -0.15) is 0 Å². The lowest BCUT2D eigenvalue weighted by atomic mass is 10.3. The minimum Gasteiger partial charge on any atom is -0.483 e. The molecule has 108 valence electrons. The molecule has 0 aromatic heterocycles. The summed E-state index contributed by atoms with van der Waals surface area (Å²) in [4.78, 5) is 8.36. The molecule has 0 fully saturated rings. The predicted molar refractivity (Wildman–Crippen MR) is 81.8 cm³/mol. The first kappa shape index (κ1) is 17.7. The number of hydrogen-bond acceptors (Lipinski definition) is 3. The first-order valence-corrected chi connectivity index (χ1v) is 6.32. The Morgan fingerprint density at radius 1 is 0.900 bits per heavy atom. The van der Waals surface area contributed by atoms with Gasteiger partial charge in [0.1, 0.15) is 0 Å². The fourth-order valence-corrected chi connectivity index (χ4v) is 1.25. The summed E-state index contributed by atoms with van der Waals surface area (Å²) in [6.07, 6.45) is 0.800. The molecule has 0 spiro atoms. The van der Waals surface area contributed by atoms with Crippen LogP contribution in [0.25, 0.3) is 0 Å². The Hall–Kier alpha value is -2.33. The largest absolute Gasteiger partial charge is 0.483 e. The molecule has 0 radical (unpaired) electrons. The van der Waals surface area contributed by atoms with Crippen molar-refractivity contribution in [1.29, 1.82) is 0 Å². The van der Waals surface area contributed by atoms with Crippen molar-refractivity contribution in [3.8, 4) is 0 Å². The topological polar surface area (TPSA) is 69.6 Å². The molecule has 4 nitrogen and oxygen atoms in total. The predicted octanol–water partition coefficient (Wildman–Crippen LogP) is 2.87. The molecule has 0 aliphatic carbocycles. The van der Waals surface area contributed by atoms with Gasteiger partial charge in [-0.25, -0.2) is 0 Å². The van der Waals surface area contributed by atoms with Gasteiger partial charge in [-0.1, -0.05) is 54.6 Å². The molecule has 0 atom stereocenters. The minimum atomic E-state index is -0.250. The monoisotopic (exact) mass is 275 g/mol. The van der Waals surface area contributed by atoms with Crippen molar-refractivity contribution in [3.05, 3.63) is 66.7 Å². The van der Waals surface area contributed by atoms with E-state index in [-0.39, 0.29) is 13.1 Å². The number of rotatable bonds is 4. The van der Waals surface area contributed by atoms with Gasteiger partial charge in [-0.3, -0.25) is 4.79 Å². The van der Waals surface area contributed by atoms with Crippen LogP contribution in [0.4, 0.5) is 5.69 Å². The fourth-order valence-electron chi connectivity index (χ4n) is 1.25. The standard InChI is InChI=1S/C9H13NO.C6H6.CH2O2/c11-8-4-7-10-9-5-2-1-3-6-9;1-2-4-6-5-3-1;2-1-3/h1-3,5-6,10-11H,4,7-8H2;1-6H;1H,(H,2,3). The molecule has 0 saturated heterocycles. The zero-order valence-electron chi connectivity index (χ0n) is 11.4. The van der Waals surface area contributed by atoms with Crippen molar-refractivity contribution in [2.75, 3.05) is 18.5 Å². The van der Waals surface area contributed by atoms with E-state index in [0.29, 0.717) is 0 Å². The molecule has 0 amide bonds. The van der Waals surface area contributed by atoms with E-state index in [1.165, 1.54) is 0 Å². The maximum absolute atomic E-state index is 8.50. The van der Waals surface area contributed by atoms with Crippen LogP contribution >= 0.6 is 0 Å². The van der Waals surface area contributed by atoms with Gasteiger partial charge in [0.25, 0.3) is 6.47 Å². The molecule has 3 N–H and O–H groups in total. The van der Waals surface area contributed by atoms with Crippen LogP contribution in [0.15, 0.2) is 66.7 Å². The Balaban J connectivity index is 0.000000336. The summed E-state index contributed by atoms with van der Waals surface area (Å²) in [6, 6.07) is 22.0. The van der Waals surface area contributed by atoms with Crippen LogP contribution in [0.5, 0.6) is 0 Å². The SMILES string of the molecule is O=CO.OCCCNc1ccccc1.c1ccccc1. The number of carboxylic acid groups (broad SMARTS) is 1. The summed E-state index contributed by atoms with van der Waals surface area (Å²) in [5.74, 6) is 0. The Labute approximate surface area is 119 Å².